The topological polar surface area (TPSA) is 58.6 Å². The van der Waals surface area contributed by atoms with Gasteiger partial charge >= 0.3 is 5.97 Å². The molecule has 1 aromatic rings. The van der Waals surface area contributed by atoms with Gasteiger partial charge in [-0.3, -0.25) is 4.79 Å². The van der Waals surface area contributed by atoms with E-state index in [1.54, 1.807) is 18.4 Å². The van der Waals surface area contributed by atoms with Crippen LogP contribution in [0.25, 0.3) is 0 Å². The van der Waals surface area contributed by atoms with E-state index in [2.05, 4.69) is 5.32 Å². The van der Waals surface area contributed by atoms with E-state index in [0.29, 0.717) is 0 Å². The maximum Gasteiger partial charge on any atom is 0.305 e. The van der Waals surface area contributed by atoms with Gasteiger partial charge in [-0.05, 0) is 24.3 Å². The fraction of sp³-hybridized carbons (Fsp3) is 0.643. The van der Waals surface area contributed by atoms with E-state index < -0.39 is 5.97 Å². The van der Waals surface area contributed by atoms with Crippen LogP contribution in [0.5, 0.6) is 0 Å². The number of ether oxygens (including phenoxy) is 1. The van der Waals surface area contributed by atoms with Gasteiger partial charge in [0.05, 0.1) is 18.6 Å². The van der Waals surface area contributed by atoms with Crippen LogP contribution in [0.3, 0.4) is 0 Å². The molecule has 3 atom stereocenters. The molecular weight excluding hydrogens is 262 g/mol. The summed E-state index contributed by atoms with van der Waals surface area (Å²) in [7, 11) is 1.74. The first-order valence-corrected chi connectivity index (χ1v) is 7.62. The number of carboxylic acids is 1. The number of carbonyl (C=O) groups is 1. The molecule has 3 unspecified atom stereocenters. The van der Waals surface area contributed by atoms with E-state index in [-0.39, 0.29) is 24.6 Å². The highest BCUT2D eigenvalue weighted by molar-refractivity contribution is 7.10. The van der Waals surface area contributed by atoms with Crippen LogP contribution in [-0.4, -0.2) is 30.3 Å². The van der Waals surface area contributed by atoms with Crippen LogP contribution in [0.4, 0.5) is 0 Å². The zero-order valence-corrected chi connectivity index (χ0v) is 12.0. The molecule has 1 aliphatic rings. The molecule has 0 radical (unpaired) electrons. The Balaban J connectivity index is 2.04. The number of nitrogens with one attached hydrogen (secondary N) is 1. The van der Waals surface area contributed by atoms with E-state index >= 15 is 0 Å². The number of rotatable bonds is 6. The summed E-state index contributed by atoms with van der Waals surface area (Å²) in [5.41, 5.74) is 0. The molecule has 106 valence electrons. The minimum Gasteiger partial charge on any atom is -0.481 e. The van der Waals surface area contributed by atoms with Crippen molar-refractivity contribution >= 4 is 17.3 Å². The van der Waals surface area contributed by atoms with Crippen molar-refractivity contribution in [3.05, 3.63) is 22.4 Å². The van der Waals surface area contributed by atoms with Crippen LogP contribution >= 0.6 is 11.3 Å². The summed E-state index contributed by atoms with van der Waals surface area (Å²) in [6, 6.07) is 4.10. The molecule has 1 saturated carbocycles. The van der Waals surface area contributed by atoms with Crippen molar-refractivity contribution in [1.82, 2.24) is 5.32 Å². The van der Waals surface area contributed by atoms with Crippen LogP contribution in [-0.2, 0) is 9.53 Å². The van der Waals surface area contributed by atoms with Gasteiger partial charge in [-0.1, -0.05) is 18.9 Å². The van der Waals surface area contributed by atoms with Crippen molar-refractivity contribution in [2.75, 3.05) is 7.11 Å². The first-order valence-electron chi connectivity index (χ1n) is 6.74. The van der Waals surface area contributed by atoms with E-state index in [1.165, 1.54) is 12.8 Å². The van der Waals surface area contributed by atoms with Gasteiger partial charge in [0, 0.05) is 18.0 Å². The summed E-state index contributed by atoms with van der Waals surface area (Å²) in [5.74, 6) is -0.768. The molecule has 5 heteroatoms. The summed E-state index contributed by atoms with van der Waals surface area (Å²) >= 11 is 1.60. The summed E-state index contributed by atoms with van der Waals surface area (Å²) < 4.78 is 5.52. The Morgan fingerprint density at radius 3 is 3.00 bits per heavy atom. The number of hydrogen-bond donors (Lipinski definition) is 2. The second-order valence-corrected chi connectivity index (χ2v) is 5.98. The molecule has 19 heavy (non-hydrogen) atoms. The standard InChI is InChI=1S/C14H21NO3S/c1-18-12-6-3-2-5-10(12)15-11(9-14(16)17)13-7-4-8-19-13/h4,7-8,10-12,15H,2-3,5-6,9H2,1H3,(H,16,17). The second-order valence-electron chi connectivity index (χ2n) is 5.00. The lowest BCUT2D eigenvalue weighted by Crippen LogP contribution is -2.45. The molecule has 2 rings (SSSR count). The van der Waals surface area contributed by atoms with Crippen LogP contribution in [0.15, 0.2) is 17.5 Å². The molecule has 4 nitrogen and oxygen atoms in total. The third-order valence-electron chi connectivity index (χ3n) is 3.69. The third-order valence-corrected chi connectivity index (χ3v) is 4.67. The fourth-order valence-electron chi connectivity index (χ4n) is 2.73. The lowest BCUT2D eigenvalue weighted by atomic mass is 9.91. The highest BCUT2D eigenvalue weighted by Crippen LogP contribution is 2.27. The van der Waals surface area contributed by atoms with E-state index in [1.807, 2.05) is 17.5 Å². The lowest BCUT2D eigenvalue weighted by molar-refractivity contribution is -0.137. The Bertz CT molecular complexity index is 393. The predicted molar refractivity (Wildman–Crippen MR) is 75.5 cm³/mol. The van der Waals surface area contributed by atoms with Gasteiger partial charge in [0.1, 0.15) is 0 Å². The SMILES string of the molecule is COC1CCCCC1NC(CC(=O)O)c1cccs1. The monoisotopic (exact) mass is 283 g/mol. The van der Waals surface area contributed by atoms with E-state index in [0.717, 1.165) is 17.7 Å². The Morgan fingerprint density at radius 1 is 1.58 bits per heavy atom. The highest BCUT2D eigenvalue weighted by atomic mass is 32.1. The fourth-order valence-corrected chi connectivity index (χ4v) is 3.52. The van der Waals surface area contributed by atoms with Gasteiger partial charge in [0.15, 0.2) is 0 Å². The van der Waals surface area contributed by atoms with Gasteiger partial charge in [0.2, 0.25) is 0 Å². The lowest BCUT2D eigenvalue weighted by Gasteiger charge is -2.33. The molecule has 0 amide bonds. The summed E-state index contributed by atoms with van der Waals surface area (Å²) in [5, 5.41) is 14.6. The van der Waals surface area contributed by atoms with Crippen LogP contribution < -0.4 is 5.32 Å². The molecular formula is C14H21NO3S. The van der Waals surface area contributed by atoms with E-state index in [9.17, 15) is 4.79 Å². The third kappa shape index (κ3) is 4.03. The molecule has 2 N–H and O–H groups in total. The average Bonchev–Trinajstić information content (AvgIpc) is 2.92. The number of thiophene rings is 1. The average molecular weight is 283 g/mol. The summed E-state index contributed by atoms with van der Waals surface area (Å²) in [6.07, 6.45) is 4.80. The van der Waals surface area contributed by atoms with Crippen molar-refractivity contribution in [3.8, 4) is 0 Å². The summed E-state index contributed by atoms with van der Waals surface area (Å²) in [6.45, 7) is 0. The Morgan fingerprint density at radius 2 is 2.37 bits per heavy atom. The number of methoxy groups -OCH3 is 1. The van der Waals surface area contributed by atoms with Crippen molar-refractivity contribution in [2.45, 2.75) is 50.3 Å². The van der Waals surface area contributed by atoms with E-state index in [4.69, 9.17) is 9.84 Å². The normalized spacial score (nSPS) is 25.1. The quantitative estimate of drug-likeness (QED) is 0.843. The van der Waals surface area contributed by atoms with Crippen molar-refractivity contribution in [1.29, 1.82) is 0 Å². The minimum atomic E-state index is -0.768. The van der Waals surface area contributed by atoms with Crippen LogP contribution in [0.2, 0.25) is 0 Å². The summed E-state index contributed by atoms with van der Waals surface area (Å²) in [4.78, 5) is 12.1. The molecule has 0 spiro atoms. The molecule has 1 aliphatic carbocycles. The molecule has 1 heterocycles. The molecule has 1 fully saturated rings. The second kappa shape index (κ2) is 7.03. The Kier molecular flexibility index (Phi) is 5.36. The molecule has 0 aliphatic heterocycles. The Hall–Kier alpha value is -0.910. The maximum atomic E-state index is 11.0. The molecule has 1 aromatic heterocycles. The first-order chi connectivity index (χ1) is 9.20. The highest BCUT2D eigenvalue weighted by Gasteiger charge is 2.28. The van der Waals surface area contributed by atoms with Crippen LogP contribution in [0, 0.1) is 0 Å². The largest absolute Gasteiger partial charge is 0.481 e. The van der Waals surface area contributed by atoms with Gasteiger partial charge in [0.25, 0.3) is 0 Å². The van der Waals surface area contributed by atoms with Crippen molar-refractivity contribution < 1.29 is 14.6 Å². The number of carboxylic acid groups (broad SMARTS) is 1. The number of aliphatic carboxylic acids is 1. The predicted octanol–water partition coefficient (Wildman–Crippen LogP) is 2.81. The van der Waals surface area contributed by atoms with Gasteiger partial charge in [-0.15, -0.1) is 11.3 Å². The Labute approximate surface area is 117 Å². The first kappa shape index (κ1) is 14.5. The van der Waals surface area contributed by atoms with Gasteiger partial charge < -0.3 is 15.2 Å². The molecule has 0 bridgehead atoms. The minimum absolute atomic E-state index is 0.113. The van der Waals surface area contributed by atoms with Gasteiger partial charge in [-0.25, -0.2) is 0 Å². The van der Waals surface area contributed by atoms with Crippen molar-refractivity contribution in [2.24, 2.45) is 0 Å². The van der Waals surface area contributed by atoms with Crippen molar-refractivity contribution in [3.63, 3.8) is 0 Å². The zero-order valence-electron chi connectivity index (χ0n) is 11.2. The van der Waals surface area contributed by atoms with Gasteiger partial charge in [-0.2, -0.15) is 0 Å². The maximum absolute atomic E-state index is 11.0. The number of hydrogen-bond acceptors (Lipinski definition) is 4. The zero-order chi connectivity index (χ0) is 13.7. The molecule has 0 aromatic carbocycles. The molecule has 0 saturated heterocycles. The van der Waals surface area contributed by atoms with Crippen LogP contribution in [0.1, 0.15) is 43.0 Å². The smallest absolute Gasteiger partial charge is 0.305 e.